The van der Waals surface area contributed by atoms with Crippen molar-refractivity contribution in [3.63, 3.8) is 0 Å². The summed E-state index contributed by atoms with van der Waals surface area (Å²) in [5.74, 6) is -1.54. The molecule has 0 amide bonds. The van der Waals surface area contributed by atoms with Crippen LogP contribution in [0.15, 0.2) is 30.3 Å². The molecule has 0 fully saturated rings. The van der Waals surface area contributed by atoms with Gasteiger partial charge < -0.3 is 28.4 Å². The number of ether oxygens (including phenoxy) is 6. The van der Waals surface area contributed by atoms with Crippen LogP contribution >= 0.6 is 0 Å². The van der Waals surface area contributed by atoms with Gasteiger partial charge in [-0.05, 0) is 6.42 Å². The Morgan fingerprint density at radius 1 is 0.594 bits per heavy atom. The van der Waals surface area contributed by atoms with E-state index in [1.54, 1.807) is 30.3 Å². The Morgan fingerprint density at radius 2 is 1.06 bits per heavy atom. The molecule has 0 saturated heterocycles. The highest BCUT2D eigenvalue weighted by molar-refractivity contribution is 6.40. The van der Waals surface area contributed by atoms with E-state index in [-0.39, 0.29) is 13.2 Å². The number of carbonyl (C=O) groups excluding carboxylic acids is 2. The third-order valence-electron chi connectivity index (χ3n) is 4.31. The minimum absolute atomic E-state index is 0.0183. The van der Waals surface area contributed by atoms with Gasteiger partial charge in [-0.25, -0.2) is 4.79 Å². The number of esters is 1. The molecule has 0 heterocycles. The lowest BCUT2D eigenvalue weighted by molar-refractivity contribution is -0.139. The Bertz CT molecular complexity index is 579. The molecular formula is C24H38O8. The molecule has 1 aromatic carbocycles. The summed E-state index contributed by atoms with van der Waals surface area (Å²) in [5, 5.41) is 0. The molecule has 8 heteroatoms. The zero-order chi connectivity index (χ0) is 23.1. The van der Waals surface area contributed by atoms with E-state index in [4.69, 9.17) is 28.4 Å². The van der Waals surface area contributed by atoms with Gasteiger partial charge in [0.1, 0.15) is 6.61 Å². The molecule has 0 radical (unpaired) electrons. The van der Waals surface area contributed by atoms with E-state index in [0.717, 1.165) is 13.0 Å². The Kier molecular flexibility index (Phi) is 18.5. The van der Waals surface area contributed by atoms with Crippen LogP contribution in [0.3, 0.4) is 0 Å². The lowest BCUT2D eigenvalue weighted by Crippen LogP contribution is -2.20. The van der Waals surface area contributed by atoms with E-state index in [9.17, 15) is 9.59 Å². The van der Waals surface area contributed by atoms with Gasteiger partial charge in [0.25, 0.3) is 5.78 Å². The van der Waals surface area contributed by atoms with Crippen LogP contribution in [0.4, 0.5) is 0 Å². The summed E-state index contributed by atoms with van der Waals surface area (Å²) in [5.41, 5.74) is 0.308. The maximum Gasteiger partial charge on any atom is 0.379 e. The van der Waals surface area contributed by atoms with Gasteiger partial charge in [0.2, 0.25) is 0 Å². The molecule has 0 aromatic heterocycles. The first-order valence-electron chi connectivity index (χ1n) is 11.4. The number of carbonyl (C=O) groups is 2. The normalized spacial score (nSPS) is 10.9. The summed E-state index contributed by atoms with van der Waals surface area (Å²) >= 11 is 0. The quantitative estimate of drug-likeness (QED) is 0.114. The van der Waals surface area contributed by atoms with E-state index in [1.165, 1.54) is 19.3 Å². The second kappa shape index (κ2) is 21.0. The van der Waals surface area contributed by atoms with Crippen molar-refractivity contribution in [3.05, 3.63) is 35.9 Å². The number of benzene rings is 1. The molecule has 0 atom stereocenters. The SMILES string of the molecule is CCCCCCOCCOCCOCCOCCOCCOC(=O)C(=O)c1ccccc1. The average molecular weight is 455 g/mol. The number of ketones is 1. The monoisotopic (exact) mass is 454 g/mol. The standard InChI is InChI=1S/C24H38O8/c1-2-3-4-8-11-27-12-13-28-14-15-29-16-17-30-18-19-31-20-21-32-24(26)23(25)22-9-6-5-7-10-22/h5-7,9-10H,2-4,8,11-21H2,1H3. The van der Waals surface area contributed by atoms with E-state index < -0.39 is 11.8 Å². The topological polar surface area (TPSA) is 89.5 Å². The molecule has 0 unspecified atom stereocenters. The zero-order valence-electron chi connectivity index (χ0n) is 19.3. The maximum absolute atomic E-state index is 11.8. The largest absolute Gasteiger partial charge is 0.457 e. The number of hydrogen-bond donors (Lipinski definition) is 0. The lowest BCUT2D eigenvalue weighted by Gasteiger charge is -2.08. The molecule has 0 spiro atoms. The predicted molar refractivity (Wildman–Crippen MR) is 120 cm³/mol. The highest BCUT2D eigenvalue weighted by atomic mass is 16.6. The second-order valence-corrected chi connectivity index (χ2v) is 6.95. The fourth-order valence-electron chi connectivity index (χ4n) is 2.58. The van der Waals surface area contributed by atoms with Crippen LogP contribution in [0, 0.1) is 0 Å². The van der Waals surface area contributed by atoms with E-state index in [2.05, 4.69) is 6.92 Å². The molecule has 32 heavy (non-hydrogen) atoms. The van der Waals surface area contributed by atoms with Crippen LogP contribution in [0.25, 0.3) is 0 Å². The van der Waals surface area contributed by atoms with Crippen molar-refractivity contribution >= 4 is 11.8 Å². The molecule has 0 aliphatic carbocycles. The Morgan fingerprint density at radius 3 is 1.56 bits per heavy atom. The van der Waals surface area contributed by atoms with Gasteiger partial charge in [-0.15, -0.1) is 0 Å². The average Bonchev–Trinajstić information content (AvgIpc) is 2.82. The van der Waals surface area contributed by atoms with Gasteiger partial charge >= 0.3 is 5.97 Å². The van der Waals surface area contributed by atoms with Crippen LogP contribution < -0.4 is 0 Å². The summed E-state index contributed by atoms with van der Waals surface area (Å²) in [7, 11) is 0. The van der Waals surface area contributed by atoms with Crippen LogP contribution in [0.5, 0.6) is 0 Å². The molecule has 0 N–H and O–H groups in total. The first kappa shape index (κ1) is 28.2. The van der Waals surface area contributed by atoms with Gasteiger partial charge in [0.05, 0.1) is 59.5 Å². The van der Waals surface area contributed by atoms with Crippen molar-refractivity contribution in [2.45, 2.75) is 32.6 Å². The second-order valence-electron chi connectivity index (χ2n) is 6.95. The smallest absolute Gasteiger partial charge is 0.379 e. The van der Waals surface area contributed by atoms with Crippen molar-refractivity contribution in [2.75, 3.05) is 72.7 Å². The van der Waals surface area contributed by atoms with Crippen LogP contribution in [0.1, 0.15) is 43.0 Å². The summed E-state index contributed by atoms with van der Waals surface area (Å²) < 4.78 is 31.9. The van der Waals surface area contributed by atoms with Crippen molar-refractivity contribution in [1.29, 1.82) is 0 Å². The lowest BCUT2D eigenvalue weighted by atomic mass is 10.1. The van der Waals surface area contributed by atoms with Crippen molar-refractivity contribution in [1.82, 2.24) is 0 Å². The van der Waals surface area contributed by atoms with Gasteiger partial charge in [-0.3, -0.25) is 4.79 Å². The van der Waals surface area contributed by atoms with Crippen molar-refractivity contribution in [3.8, 4) is 0 Å². The minimum Gasteiger partial charge on any atom is -0.457 e. The molecule has 0 aliphatic rings. The van der Waals surface area contributed by atoms with E-state index >= 15 is 0 Å². The van der Waals surface area contributed by atoms with Crippen LogP contribution in [0.2, 0.25) is 0 Å². The highest BCUT2D eigenvalue weighted by Crippen LogP contribution is 2.01. The zero-order valence-corrected chi connectivity index (χ0v) is 19.3. The molecule has 1 rings (SSSR count). The van der Waals surface area contributed by atoms with Crippen molar-refractivity contribution < 1.29 is 38.0 Å². The van der Waals surface area contributed by atoms with Gasteiger partial charge in [0, 0.05) is 12.2 Å². The molecule has 182 valence electrons. The summed E-state index contributed by atoms with van der Waals surface area (Å²) in [6.07, 6.45) is 4.85. The maximum atomic E-state index is 11.8. The van der Waals surface area contributed by atoms with Crippen LogP contribution in [-0.4, -0.2) is 84.4 Å². The van der Waals surface area contributed by atoms with E-state index in [0.29, 0.717) is 58.4 Å². The molecule has 0 saturated carbocycles. The molecular weight excluding hydrogens is 416 g/mol. The third-order valence-corrected chi connectivity index (χ3v) is 4.31. The van der Waals surface area contributed by atoms with Gasteiger partial charge in [-0.2, -0.15) is 0 Å². The van der Waals surface area contributed by atoms with E-state index in [1.807, 2.05) is 0 Å². The fourth-order valence-corrected chi connectivity index (χ4v) is 2.58. The summed E-state index contributed by atoms with van der Waals surface area (Å²) in [6, 6.07) is 8.29. The molecule has 1 aromatic rings. The summed E-state index contributed by atoms with van der Waals surface area (Å²) in [6.45, 7) is 7.20. The molecule has 8 nitrogen and oxygen atoms in total. The Hall–Kier alpha value is -1.84. The number of hydrogen-bond acceptors (Lipinski definition) is 8. The number of Topliss-reactive ketones (excluding diaryl/α,β-unsaturated/α-hetero) is 1. The Balaban J connectivity index is 1.77. The number of rotatable bonds is 22. The van der Waals surface area contributed by atoms with Crippen molar-refractivity contribution in [2.24, 2.45) is 0 Å². The van der Waals surface area contributed by atoms with Crippen LogP contribution in [-0.2, 0) is 33.2 Å². The highest BCUT2D eigenvalue weighted by Gasteiger charge is 2.16. The molecule has 0 aliphatic heterocycles. The third kappa shape index (κ3) is 15.9. The molecule has 0 bridgehead atoms. The predicted octanol–water partition coefficient (Wildman–Crippen LogP) is 3.08. The number of unbranched alkanes of at least 4 members (excludes halogenated alkanes) is 3. The first-order valence-corrected chi connectivity index (χ1v) is 11.4. The van der Waals surface area contributed by atoms with Gasteiger partial charge in [0.15, 0.2) is 0 Å². The first-order chi connectivity index (χ1) is 15.8. The summed E-state index contributed by atoms with van der Waals surface area (Å²) in [4.78, 5) is 23.5. The van der Waals surface area contributed by atoms with Gasteiger partial charge in [-0.1, -0.05) is 56.5 Å². The fraction of sp³-hybridized carbons (Fsp3) is 0.667. The Labute approximate surface area is 191 Å². The minimum atomic E-state index is -0.882.